The van der Waals surface area contributed by atoms with Crippen LogP contribution in [-0.2, 0) is 4.74 Å². The second-order valence-corrected chi connectivity index (χ2v) is 4.31. The summed E-state index contributed by atoms with van der Waals surface area (Å²) in [6, 6.07) is 5.78. The second kappa shape index (κ2) is 5.93. The van der Waals surface area contributed by atoms with Gasteiger partial charge in [0.2, 0.25) is 0 Å². The first kappa shape index (κ1) is 13.0. The summed E-state index contributed by atoms with van der Waals surface area (Å²) < 4.78 is 18.6. The van der Waals surface area contributed by atoms with E-state index in [0.717, 1.165) is 0 Å². The van der Waals surface area contributed by atoms with Gasteiger partial charge in [-0.1, -0.05) is 6.07 Å². The predicted molar refractivity (Wildman–Crippen MR) is 66.0 cm³/mol. The highest BCUT2D eigenvalue weighted by molar-refractivity contribution is 5.94. The van der Waals surface area contributed by atoms with Gasteiger partial charge in [-0.15, -0.1) is 0 Å². The van der Waals surface area contributed by atoms with Crippen LogP contribution in [0.5, 0.6) is 0 Å². The molecule has 1 fully saturated rings. The highest BCUT2D eigenvalue weighted by Gasteiger charge is 2.24. The topological polar surface area (TPSA) is 41.6 Å². The van der Waals surface area contributed by atoms with Crippen molar-refractivity contribution in [2.75, 3.05) is 33.3 Å². The Bertz CT molecular complexity index is 423. The van der Waals surface area contributed by atoms with E-state index in [9.17, 15) is 9.18 Å². The number of hydrogen-bond acceptors (Lipinski definition) is 3. The molecule has 1 aliphatic rings. The third kappa shape index (κ3) is 3.05. The summed E-state index contributed by atoms with van der Waals surface area (Å²) in [5, 5.41) is 3.02. The number of amides is 1. The summed E-state index contributed by atoms with van der Waals surface area (Å²) >= 11 is 0. The van der Waals surface area contributed by atoms with Crippen LogP contribution in [0.25, 0.3) is 0 Å². The molecule has 1 aromatic carbocycles. The van der Waals surface area contributed by atoms with Crippen LogP contribution < -0.4 is 5.32 Å². The van der Waals surface area contributed by atoms with Crippen LogP contribution in [0.3, 0.4) is 0 Å². The number of hydrogen-bond donors (Lipinski definition) is 1. The van der Waals surface area contributed by atoms with E-state index in [2.05, 4.69) is 5.32 Å². The first-order valence-corrected chi connectivity index (χ1v) is 6.01. The Morgan fingerprint density at radius 3 is 3.17 bits per heavy atom. The zero-order valence-corrected chi connectivity index (χ0v) is 10.4. The van der Waals surface area contributed by atoms with Crippen LogP contribution in [0.15, 0.2) is 24.3 Å². The number of benzene rings is 1. The fourth-order valence-electron chi connectivity index (χ4n) is 2.06. The van der Waals surface area contributed by atoms with Crippen molar-refractivity contribution in [2.24, 2.45) is 0 Å². The van der Waals surface area contributed by atoms with Crippen molar-refractivity contribution in [3.8, 4) is 0 Å². The van der Waals surface area contributed by atoms with E-state index >= 15 is 0 Å². The van der Waals surface area contributed by atoms with Gasteiger partial charge in [-0.05, 0) is 25.2 Å². The Morgan fingerprint density at radius 1 is 1.61 bits per heavy atom. The summed E-state index contributed by atoms with van der Waals surface area (Å²) in [4.78, 5) is 13.9. The van der Waals surface area contributed by atoms with Crippen LogP contribution in [0.4, 0.5) is 4.39 Å². The van der Waals surface area contributed by atoms with Crippen molar-refractivity contribution in [3.05, 3.63) is 35.6 Å². The SMILES string of the molecule is CNCC1CN(C(=O)c2cccc(F)c2)CCO1. The molecule has 98 valence electrons. The molecule has 1 aliphatic heterocycles. The number of rotatable bonds is 3. The summed E-state index contributed by atoms with van der Waals surface area (Å²) in [6.45, 7) is 2.31. The Labute approximate surface area is 106 Å². The van der Waals surface area contributed by atoms with Gasteiger partial charge < -0.3 is 15.0 Å². The lowest BCUT2D eigenvalue weighted by atomic mass is 10.1. The number of halogens is 1. The molecule has 0 bridgehead atoms. The van der Waals surface area contributed by atoms with Gasteiger partial charge >= 0.3 is 0 Å². The largest absolute Gasteiger partial charge is 0.373 e. The van der Waals surface area contributed by atoms with Gasteiger partial charge in [0.25, 0.3) is 5.91 Å². The fourth-order valence-corrected chi connectivity index (χ4v) is 2.06. The normalized spacial score (nSPS) is 19.9. The molecule has 0 radical (unpaired) electrons. The molecule has 1 atom stereocenters. The first-order valence-electron chi connectivity index (χ1n) is 6.01. The van der Waals surface area contributed by atoms with Crippen molar-refractivity contribution in [1.29, 1.82) is 0 Å². The standard InChI is InChI=1S/C13H17FN2O2/c1-15-8-12-9-16(5-6-18-12)13(17)10-3-2-4-11(14)7-10/h2-4,7,12,15H,5-6,8-9H2,1H3. The summed E-state index contributed by atoms with van der Waals surface area (Å²) in [5.74, 6) is -0.528. The molecular formula is C13H17FN2O2. The van der Waals surface area contributed by atoms with E-state index in [1.54, 1.807) is 17.0 Å². The molecule has 1 heterocycles. The molecule has 1 aromatic rings. The maximum atomic E-state index is 13.1. The average molecular weight is 252 g/mol. The zero-order chi connectivity index (χ0) is 13.0. The van der Waals surface area contributed by atoms with E-state index in [1.165, 1.54) is 12.1 Å². The molecule has 0 aromatic heterocycles. The van der Waals surface area contributed by atoms with Crippen molar-refractivity contribution in [1.82, 2.24) is 10.2 Å². The van der Waals surface area contributed by atoms with Gasteiger partial charge in [-0.25, -0.2) is 4.39 Å². The lowest BCUT2D eigenvalue weighted by molar-refractivity contribution is -0.0196. The fraction of sp³-hybridized carbons (Fsp3) is 0.462. The Kier molecular flexibility index (Phi) is 4.28. The minimum absolute atomic E-state index is 0.00117. The van der Waals surface area contributed by atoms with Gasteiger partial charge in [0.1, 0.15) is 5.82 Å². The minimum atomic E-state index is -0.388. The summed E-state index contributed by atoms with van der Waals surface area (Å²) in [5.41, 5.74) is 0.389. The number of likely N-dealkylation sites (N-methyl/N-ethyl adjacent to an activating group) is 1. The van der Waals surface area contributed by atoms with E-state index in [-0.39, 0.29) is 17.8 Å². The van der Waals surface area contributed by atoms with Crippen molar-refractivity contribution >= 4 is 5.91 Å². The van der Waals surface area contributed by atoms with E-state index in [4.69, 9.17) is 4.74 Å². The van der Waals surface area contributed by atoms with Crippen molar-refractivity contribution in [3.63, 3.8) is 0 Å². The molecule has 5 heteroatoms. The van der Waals surface area contributed by atoms with Crippen LogP contribution >= 0.6 is 0 Å². The van der Waals surface area contributed by atoms with Crippen LogP contribution in [0.2, 0.25) is 0 Å². The highest BCUT2D eigenvalue weighted by Crippen LogP contribution is 2.11. The van der Waals surface area contributed by atoms with Gasteiger partial charge in [-0.3, -0.25) is 4.79 Å². The minimum Gasteiger partial charge on any atom is -0.373 e. The van der Waals surface area contributed by atoms with Gasteiger partial charge in [-0.2, -0.15) is 0 Å². The zero-order valence-electron chi connectivity index (χ0n) is 10.4. The number of ether oxygens (including phenoxy) is 1. The third-order valence-electron chi connectivity index (χ3n) is 2.93. The molecule has 1 N–H and O–H groups in total. The van der Waals surface area contributed by atoms with Gasteiger partial charge in [0.15, 0.2) is 0 Å². The Morgan fingerprint density at radius 2 is 2.44 bits per heavy atom. The number of morpholine rings is 1. The monoisotopic (exact) mass is 252 g/mol. The maximum Gasteiger partial charge on any atom is 0.254 e. The second-order valence-electron chi connectivity index (χ2n) is 4.31. The molecule has 2 rings (SSSR count). The Hall–Kier alpha value is -1.46. The van der Waals surface area contributed by atoms with Crippen LogP contribution in [0, 0.1) is 5.82 Å². The quantitative estimate of drug-likeness (QED) is 0.868. The lowest BCUT2D eigenvalue weighted by Crippen LogP contribution is -2.48. The van der Waals surface area contributed by atoms with E-state index in [0.29, 0.717) is 31.8 Å². The first-order chi connectivity index (χ1) is 8.70. The molecule has 0 saturated carbocycles. The van der Waals surface area contributed by atoms with Gasteiger partial charge in [0.05, 0.1) is 12.7 Å². The van der Waals surface area contributed by atoms with Crippen LogP contribution in [-0.4, -0.2) is 50.2 Å². The number of nitrogens with zero attached hydrogens (tertiary/aromatic N) is 1. The predicted octanol–water partition coefficient (Wildman–Crippen LogP) is 0.886. The number of carbonyl (C=O) groups excluding carboxylic acids is 1. The molecular weight excluding hydrogens is 235 g/mol. The number of carbonyl (C=O) groups is 1. The maximum absolute atomic E-state index is 13.1. The highest BCUT2D eigenvalue weighted by atomic mass is 19.1. The lowest BCUT2D eigenvalue weighted by Gasteiger charge is -2.33. The molecule has 0 aliphatic carbocycles. The van der Waals surface area contributed by atoms with E-state index in [1.807, 2.05) is 7.05 Å². The molecule has 18 heavy (non-hydrogen) atoms. The van der Waals surface area contributed by atoms with E-state index < -0.39 is 0 Å². The molecule has 0 spiro atoms. The summed E-state index contributed by atoms with van der Waals surface area (Å²) in [7, 11) is 1.84. The van der Waals surface area contributed by atoms with Crippen LogP contribution in [0.1, 0.15) is 10.4 Å². The third-order valence-corrected chi connectivity index (χ3v) is 2.93. The smallest absolute Gasteiger partial charge is 0.254 e. The summed E-state index contributed by atoms with van der Waals surface area (Å²) in [6.07, 6.45) is 0.00117. The molecule has 4 nitrogen and oxygen atoms in total. The van der Waals surface area contributed by atoms with Crippen molar-refractivity contribution < 1.29 is 13.9 Å². The van der Waals surface area contributed by atoms with Gasteiger partial charge in [0, 0.05) is 25.2 Å². The molecule has 1 saturated heterocycles. The number of nitrogens with one attached hydrogen (secondary N) is 1. The van der Waals surface area contributed by atoms with Crippen molar-refractivity contribution in [2.45, 2.75) is 6.10 Å². The molecule has 1 unspecified atom stereocenters. The molecule has 1 amide bonds. The average Bonchev–Trinajstić information content (AvgIpc) is 2.39. The Balaban J connectivity index is 2.04.